The summed E-state index contributed by atoms with van der Waals surface area (Å²) in [6, 6.07) is 6.62. The number of rotatable bonds is 7. The van der Waals surface area contributed by atoms with Gasteiger partial charge in [-0.25, -0.2) is 4.79 Å². The molecule has 1 aromatic carbocycles. The molecular weight excluding hydrogens is 274 g/mol. The van der Waals surface area contributed by atoms with Gasteiger partial charge in [0, 0.05) is 7.05 Å². The van der Waals surface area contributed by atoms with Crippen molar-refractivity contribution in [3.8, 4) is 0 Å². The van der Waals surface area contributed by atoms with Gasteiger partial charge in [-0.3, -0.25) is 9.59 Å². The minimum absolute atomic E-state index is 0.0879. The van der Waals surface area contributed by atoms with Crippen molar-refractivity contribution in [2.75, 3.05) is 32.1 Å². The number of anilines is 1. The van der Waals surface area contributed by atoms with E-state index in [1.807, 2.05) is 0 Å². The predicted molar refractivity (Wildman–Crippen MR) is 76.8 cm³/mol. The number of nitrogens with one attached hydrogen (secondary N) is 2. The number of hydrogen-bond donors (Lipinski definition) is 3. The maximum Gasteiger partial charge on any atom is 0.340 e. The van der Waals surface area contributed by atoms with Crippen LogP contribution >= 0.6 is 0 Å². The highest BCUT2D eigenvalue weighted by atomic mass is 16.5. The van der Waals surface area contributed by atoms with Crippen LogP contribution in [0.1, 0.15) is 17.3 Å². The van der Waals surface area contributed by atoms with E-state index in [2.05, 4.69) is 10.6 Å². The van der Waals surface area contributed by atoms with Gasteiger partial charge < -0.3 is 20.7 Å². The van der Waals surface area contributed by atoms with Crippen molar-refractivity contribution in [2.45, 2.75) is 6.92 Å². The highest BCUT2D eigenvalue weighted by molar-refractivity contribution is 6.01. The van der Waals surface area contributed by atoms with Crippen LogP contribution in [0.4, 0.5) is 5.69 Å². The van der Waals surface area contributed by atoms with Crippen molar-refractivity contribution in [1.82, 2.24) is 5.32 Å². The topological polar surface area (TPSA) is 101 Å². The van der Waals surface area contributed by atoms with Gasteiger partial charge in [-0.05, 0) is 19.1 Å². The molecule has 114 valence electrons. The summed E-state index contributed by atoms with van der Waals surface area (Å²) < 4.78 is 4.93. The van der Waals surface area contributed by atoms with E-state index in [1.54, 1.807) is 36.5 Å². The van der Waals surface area contributed by atoms with E-state index in [-0.39, 0.29) is 31.5 Å². The zero-order valence-electron chi connectivity index (χ0n) is 12.1. The molecule has 7 nitrogen and oxygen atoms in total. The van der Waals surface area contributed by atoms with Crippen molar-refractivity contribution < 1.29 is 24.4 Å². The zero-order chi connectivity index (χ0) is 15.7. The Labute approximate surface area is 123 Å². The Balaban J connectivity index is 2.60. The van der Waals surface area contributed by atoms with Gasteiger partial charge in [0.05, 0.1) is 17.9 Å². The van der Waals surface area contributed by atoms with E-state index >= 15 is 0 Å². The largest absolute Gasteiger partial charge is 0.462 e. The van der Waals surface area contributed by atoms with E-state index in [0.717, 1.165) is 0 Å². The normalized spacial score (nSPS) is 9.81. The van der Waals surface area contributed by atoms with Gasteiger partial charge >= 0.3 is 5.97 Å². The van der Waals surface area contributed by atoms with Gasteiger partial charge in [0.2, 0.25) is 0 Å². The molecule has 4 N–H and O–H groups in total. The van der Waals surface area contributed by atoms with Crippen LogP contribution in [0.25, 0.3) is 0 Å². The zero-order valence-corrected chi connectivity index (χ0v) is 12.1. The quantitative estimate of drug-likeness (QED) is 0.568. The molecule has 0 unspecified atom stereocenters. The van der Waals surface area contributed by atoms with Crippen LogP contribution in [0, 0.1) is 0 Å². The van der Waals surface area contributed by atoms with Gasteiger partial charge in [-0.15, -0.1) is 0 Å². The number of likely N-dealkylation sites (N-methyl/N-ethyl adjacent to an activating group) is 1. The lowest BCUT2D eigenvalue weighted by Crippen LogP contribution is -2.88. The summed E-state index contributed by atoms with van der Waals surface area (Å²) >= 11 is 0. The number of nitrogens with two attached hydrogens (primary N) is 1. The Morgan fingerprint density at radius 1 is 1.14 bits per heavy atom. The van der Waals surface area contributed by atoms with E-state index in [9.17, 15) is 14.4 Å². The first-order chi connectivity index (χ1) is 10.1. The van der Waals surface area contributed by atoms with Crippen molar-refractivity contribution in [2.24, 2.45) is 0 Å². The molecule has 0 aliphatic heterocycles. The monoisotopic (exact) mass is 294 g/mol. The van der Waals surface area contributed by atoms with Crippen molar-refractivity contribution in [3.05, 3.63) is 29.8 Å². The SMILES string of the molecule is CCOC(=O)c1ccccc1NC(=O)C[NH2+]CC(=O)NC. The molecular formula is C14H20N3O4+. The van der Waals surface area contributed by atoms with Crippen LogP contribution in [-0.4, -0.2) is 44.5 Å². The fourth-order valence-corrected chi connectivity index (χ4v) is 1.62. The average molecular weight is 294 g/mol. The van der Waals surface area contributed by atoms with Crippen LogP contribution in [0.5, 0.6) is 0 Å². The van der Waals surface area contributed by atoms with Crippen LogP contribution in [0.3, 0.4) is 0 Å². The summed E-state index contributed by atoms with van der Waals surface area (Å²) in [6.07, 6.45) is 0. The number of benzene rings is 1. The van der Waals surface area contributed by atoms with Crippen LogP contribution in [0.2, 0.25) is 0 Å². The molecule has 0 spiro atoms. The summed E-state index contributed by atoms with van der Waals surface area (Å²) in [5.41, 5.74) is 0.702. The molecule has 0 aromatic heterocycles. The molecule has 0 aliphatic rings. The maximum absolute atomic E-state index is 11.8. The third-order valence-corrected chi connectivity index (χ3v) is 2.63. The van der Waals surface area contributed by atoms with E-state index in [4.69, 9.17) is 4.74 Å². The number of amides is 2. The summed E-state index contributed by atoms with van der Waals surface area (Å²) in [6.45, 7) is 2.24. The Hall–Kier alpha value is -2.41. The highest BCUT2D eigenvalue weighted by Gasteiger charge is 2.14. The molecule has 1 aromatic rings. The number of esters is 1. The lowest BCUT2D eigenvalue weighted by atomic mass is 10.2. The van der Waals surface area contributed by atoms with Crippen molar-refractivity contribution in [3.63, 3.8) is 0 Å². The molecule has 0 heterocycles. The minimum Gasteiger partial charge on any atom is -0.462 e. The first-order valence-corrected chi connectivity index (χ1v) is 6.66. The fourth-order valence-electron chi connectivity index (χ4n) is 1.62. The van der Waals surface area contributed by atoms with Crippen LogP contribution < -0.4 is 16.0 Å². The first kappa shape index (κ1) is 16.6. The van der Waals surface area contributed by atoms with Gasteiger partial charge in [0.25, 0.3) is 11.8 Å². The Morgan fingerprint density at radius 3 is 2.48 bits per heavy atom. The molecule has 0 bridgehead atoms. The molecule has 1 rings (SSSR count). The smallest absolute Gasteiger partial charge is 0.340 e. The van der Waals surface area contributed by atoms with E-state index < -0.39 is 5.97 Å². The molecule has 21 heavy (non-hydrogen) atoms. The average Bonchev–Trinajstić information content (AvgIpc) is 2.47. The van der Waals surface area contributed by atoms with Crippen molar-refractivity contribution in [1.29, 1.82) is 0 Å². The molecule has 0 saturated heterocycles. The Morgan fingerprint density at radius 2 is 1.81 bits per heavy atom. The molecule has 2 amide bonds. The van der Waals surface area contributed by atoms with Gasteiger partial charge in [-0.1, -0.05) is 12.1 Å². The van der Waals surface area contributed by atoms with Crippen LogP contribution in [-0.2, 0) is 14.3 Å². The second kappa shape index (κ2) is 8.70. The van der Waals surface area contributed by atoms with Gasteiger partial charge in [-0.2, -0.15) is 0 Å². The molecule has 0 radical (unpaired) electrons. The fraction of sp³-hybridized carbons (Fsp3) is 0.357. The van der Waals surface area contributed by atoms with E-state index in [1.165, 1.54) is 7.05 Å². The number of hydrogen-bond acceptors (Lipinski definition) is 4. The molecule has 7 heteroatoms. The number of quaternary nitrogens is 1. The Bertz CT molecular complexity index is 517. The molecule has 0 saturated carbocycles. The summed E-state index contributed by atoms with van der Waals surface area (Å²) in [5.74, 6) is -0.937. The standard InChI is InChI=1S/C14H19N3O4/c1-3-21-14(20)10-6-4-5-7-11(10)17-13(19)9-16-8-12(18)15-2/h4-7,16H,3,8-9H2,1-2H3,(H,15,18)(H,17,19)/p+1. The summed E-state index contributed by atoms with van der Waals surface area (Å²) in [5, 5.41) is 6.67. The van der Waals surface area contributed by atoms with Gasteiger partial charge in [0.15, 0.2) is 13.1 Å². The minimum atomic E-state index is -0.484. The first-order valence-electron chi connectivity index (χ1n) is 6.66. The number of para-hydroxylation sites is 1. The van der Waals surface area contributed by atoms with E-state index in [0.29, 0.717) is 11.3 Å². The second-order valence-electron chi connectivity index (χ2n) is 4.18. The number of carbonyl (C=O) groups excluding carboxylic acids is 3. The van der Waals surface area contributed by atoms with Gasteiger partial charge in [0.1, 0.15) is 0 Å². The lowest BCUT2D eigenvalue weighted by Gasteiger charge is -2.09. The van der Waals surface area contributed by atoms with Crippen LogP contribution in [0.15, 0.2) is 24.3 Å². The molecule has 0 fully saturated rings. The van der Waals surface area contributed by atoms with Crippen molar-refractivity contribution >= 4 is 23.5 Å². The number of carbonyl (C=O) groups is 3. The molecule has 0 aliphatic carbocycles. The highest BCUT2D eigenvalue weighted by Crippen LogP contribution is 2.15. The Kier molecular flexibility index (Phi) is 6.90. The maximum atomic E-state index is 11.8. The summed E-state index contributed by atoms with van der Waals surface area (Å²) in [4.78, 5) is 34.6. The predicted octanol–water partition coefficient (Wildman–Crippen LogP) is -0.889. The molecule has 0 atom stereocenters. The number of ether oxygens (including phenoxy) is 1. The third kappa shape index (κ3) is 5.62. The lowest BCUT2D eigenvalue weighted by molar-refractivity contribution is -0.632. The summed E-state index contributed by atoms with van der Waals surface area (Å²) in [7, 11) is 1.53. The third-order valence-electron chi connectivity index (χ3n) is 2.63. The second-order valence-corrected chi connectivity index (χ2v) is 4.18.